The highest BCUT2D eigenvalue weighted by atomic mass is 35.5. The summed E-state index contributed by atoms with van der Waals surface area (Å²) in [5, 5.41) is 13.6. The average molecular weight is 288 g/mol. The third-order valence-corrected chi connectivity index (χ3v) is 2.63. The number of aliphatic hydroxyl groups is 1. The lowest BCUT2D eigenvalue weighted by molar-refractivity contribution is 0.107. The summed E-state index contributed by atoms with van der Waals surface area (Å²) >= 11 is 11.7. The first-order chi connectivity index (χ1) is 8.63. The molecule has 1 aromatic carbocycles. The summed E-state index contributed by atoms with van der Waals surface area (Å²) < 4.78 is 5.39. The molecule has 3 nitrogen and oxygen atoms in total. The molecule has 5 heteroatoms. The van der Waals surface area contributed by atoms with Crippen LogP contribution in [-0.2, 0) is 0 Å². The fourth-order valence-corrected chi connectivity index (χ4v) is 1.69. The van der Waals surface area contributed by atoms with Gasteiger partial charge in [0.1, 0.15) is 18.5 Å². The molecule has 98 valence electrons. The summed E-state index contributed by atoms with van der Waals surface area (Å²) in [5.74, 6) is 6.11. The van der Waals surface area contributed by atoms with E-state index in [1.54, 1.807) is 25.1 Å². The highest BCUT2D eigenvalue weighted by Crippen LogP contribution is 2.27. The number of halogens is 2. The SMILES string of the molecule is CC#CCNCC(O)COc1ccc(Cl)cc1Cl. The van der Waals surface area contributed by atoms with E-state index < -0.39 is 6.10 Å². The molecule has 0 spiro atoms. The number of hydrogen-bond donors (Lipinski definition) is 2. The molecule has 1 unspecified atom stereocenters. The number of rotatable bonds is 6. The maximum absolute atomic E-state index is 9.65. The number of ether oxygens (including phenoxy) is 1. The lowest BCUT2D eigenvalue weighted by Crippen LogP contribution is -2.31. The molecule has 0 aliphatic carbocycles. The third kappa shape index (κ3) is 5.61. The molecule has 0 aliphatic heterocycles. The van der Waals surface area contributed by atoms with Gasteiger partial charge in [-0.15, -0.1) is 5.92 Å². The third-order valence-electron chi connectivity index (χ3n) is 2.10. The number of nitrogens with one attached hydrogen (secondary N) is 1. The second-order valence-electron chi connectivity index (χ2n) is 3.60. The van der Waals surface area contributed by atoms with Crippen LogP contribution in [0, 0.1) is 11.8 Å². The van der Waals surface area contributed by atoms with E-state index in [1.165, 1.54) is 0 Å². The van der Waals surface area contributed by atoms with Gasteiger partial charge in [0.2, 0.25) is 0 Å². The molecule has 0 bridgehead atoms. The maximum Gasteiger partial charge on any atom is 0.138 e. The van der Waals surface area contributed by atoms with Gasteiger partial charge in [-0.3, -0.25) is 0 Å². The summed E-state index contributed by atoms with van der Waals surface area (Å²) in [4.78, 5) is 0. The van der Waals surface area contributed by atoms with Crippen LogP contribution in [0.5, 0.6) is 5.75 Å². The summed E-state index contributed by atoms with van der Waals surface area (Å²) in [6.07, 6.45) is -0.615. The van der Waals surface area contributed by atoms with Crippen molar-refractivity contribution >= 4 is 23.2 Å². The van der Waals surface area contributed by atoms with E-state index >= 15 is 0 Å². The number of hydrogen-bond acceptors (Lipinski definition) is 3. The number of benzene rings is 1. The molecule has 0 radical (unpaired) electrons. The van der Waals surface area contributed by atoms with Crippen molar-refractivity contribution < 1.29 is 9.84 Å². The van der Waals surface area contributed by atoms with Crippen molar-refractivity contribution in [2.75, 3.05) is 19.7 Å². The van der Waals surface area contributed by atoms with Gasteiger partial charge in [0.05, 0.1) is 11.6 Å². The normalized spacial score (nSPS) is 11.6. The van der Waals surface area contributed by atoms with E-state index in [2.05, 4.69) is 17.2 Å². The standard InChI is InChI=1S/C13H15Cl2NO2/c1-2-3-6-16-8-11(17)9-18-13-5-4-10(14)7-12(13)15/h4-5,7,11,16-17H,6,8-9H2,1H3. The predicted octanol–water partition coefficient (Wildman–Crippen LogP) is 2.35. The van der Waals surface area contributed by atoms with Gasteiger partial charge >= 0.3 is 0 Å². The smallest absolute Gasteiger partial charge is 0.138 e. The minimum atomic E-state index is -0.615. The van der Waals surface area contributed by atoms with Crippen molar-refractivity contribution in [1.29, 1.82) is 0 Å². The van der Waals surface area contributed by atoms with Crippen molar-refractivity contribution in [3.8, 4) is 17.6 Å². The van der Waals surface area contributed by atoms with Gasteiger partial charge < -0.3 is 15.2 Å². The van der Waals surface area contributed by atoms with Gasteiger partial charge in [-0.05, 0) is 25.1 Å². The molecular weight excluding hydrogens is 273 g/mol. The lowest BCUT2D eigenvalue weighted by atomic mass is 10.3. The van der Waals surface area contributed by atoms with Crippen LogP contribution in [0.25, 0.3) is 0 Å². The molecule has 0 aromatic heterocycles. The maximum atomic E-state index is 9.65. The van der Waals surface area contributed by atoms with Crippen LogP contribution in [0.15, 0.2) is 18.2 Å². The van der Waals surface area contributed by atoms with E-state index in [0.717, 1.165) is 0 Å². The molecule has 1 atom stereocenters. The van der Waals surface area contributed by atoms with Crippen molar-refractivity contribution in [2.45, 2.75) is 13.0 Å². The molecule has 1 rings (SSSR count). The van der Waals surface area contributed by atoms with Crippen LogP contribution < -0.4 is 10.1 Å². The minimum Gasteiger partial charge on any atom is -0.489 e. The quantitative estimate of drug-likeness (QED) is 0.623. The van der Waals surface area contributed by atoms with Crippen molar-refractivity contribution in [2.24, 2.45) is 0 Å². The topological polar surface area (TPSA) is 41.5 Å². The highest BCUT2D eigenvalue weighted by molar-refractivity contribution is 6.35. The Kier molecular flexibility index (Phi) is 6.92. The van der Waals surface area contributed by atoms with Gasteiger partial charge in [-0.25, -0.2) is 0 Å². The fourth-order valence-electron chi connectivity index (χ4n) is 1.23. The molecule has 0 heterocycles. The molecule has 0 saturated carbocycles. The molecule has 0 aliphatic rings. The van der Waals surface area contributed by atoms with Gasteiger partial charge in [0, 0.05) is 11.6 Å². The first-order valence-electron chi connectivity index (χ1n) is 5.49. The first-order valence-corrected chi connectivity index (χ1v) is 6.25. The Balaban J connectivity index is 2.32. The Morgan fingerprint density at radius 1 is 1.44 bits per heavy atom. The molecule has 18 heavy (non-hydrogen) atoms. The summed E-state index contributed by atoms with van der Waals surface area (Å²) in [7, 11) is 0. The molecule has 0 saturated heterocycles. The molecule has 1 aromatic rings. The van der Waals surface area contributed by atoms with Crippen LogP contribution in [0.2, 0.25) is 10.0 Å². The predicted molar refractivity (Wildman–Crippen MR) is 74.3 cm³/mol. The molecule has 0 amide bonds. The number of aliphatic hydroxyl groups excluding tert-OH is 1. The van der Waals surface area contributed by atoms with E-state index in [0.29, 0.717) is 28.9 Å². The summed E-state index contributed by atoms with van der Waals surface area (Å²) in [6.45, 7) is 2.90. The van der Waals surface area contributed by atoms with Crippen LogP contribution >= 0.6 is 23.2 Å². The zero-order valence-corrected chi connectivity index (χ0v) is 11.6. The van der Waals surface area contributed by atoms with Gasteiger partial charge in [-0.2, -0.15) is 0 Å². The average Bonchev–Trinajstić information content (AvgIpc) is 2.33. The van der Waals surface area contributed by atoms with Gasteiger partial charge in [0.25, 0.3) is 0 Å². The monoisotopic (exact) mass is 287 g/mol. The zero-order chi connectivity index (χ0) is 13.4. The van der Waals surface area contributed by atoms with Crippen LogP contribution in [0.4, 0.5) is 0 Å². The van der Waals surface area contributed by atoms with Crippen molar-refractivity contribution in [3.05, 3.63) is 28.2 Å². The van der Waals surface area contributed by atoms with E-state index in [-0.39, 0.29) is 6.61 Å². The lowest BCUT2D eigenvalue weighted by Gasteiger charge is -2.13. The van der Waals surface area contributed by atoms with Crippen LogP contribution in [-0.4, -0.2) is 30.9 Å². The van der Waals surface area contributed by atoms with Crippen LogP contribution in [0.1, 0.15) is 6.92 Å². The van der Waals surface area contributed by atoms with E-state index in [9.17, 15) is 5.11 Å². The summed E-state index contributed by atoms with van der Waals surface area (Å²) in [6, 6.07) is 4.96. The Morgan fingerprint density at radius 2 is 2.22 bits per heavy atom. The fraction of sp³-hybridized carbons (Fsp3) is 0.385. The zero-order valence-electron chi connectivity index (χ0n) is 10.0. The Bertz CT molecular complexity index is 440. The Labute approximate surface area is 117 Å². The summed E-state index contributed by atoms with van der Waals surface area (Å²) in [5.41, 5.74) is 0. The van der Waals surface area contributed by atoms with Crippen molar-refractivity contribution in [1.82, 2.24) is 5.32 Å². The molecule has 0 fully saturated rings. The van der Waals surface area contributed by atoms with Gasteiger partial charge in [0.15, 0.2) is 0 Å². The van der Waals surface area contributed by atoms with Crippen LogP contribution in [0.3, 0.4) is 0 Å². The Hall–Kier alpha value is -0.920. The second-order valence-corrected chi connectivity index (χ2v) is 4.44. The molecular formula is C13H15Cl2NO2. The Morgan fingerprint density at radius 3 is 2.89 bits per heavy atom. The molecule has 2 N–H and O–H groups in total. The highest BCUT2D eigenvalue weighted by Gasteiger charge is 2.07. The minimum absolute atomic E-state index is 0.161. The van der Waals surface area contributed by atoms with Gasteiger partial charge in [-0.1, -0.05) is 29.1 Å². The van der Waals surface area contributed by atoms with Crippen molar-refractivity contribution in [3.63, 3.8) is 0 Å². The largest absolute Gasteiger partial charge is 0.489 e. The first kappa shape index (κ1) is 15.1. The van der Waals surface area contributed by atoms with E-state index in [1.807, 2.05) is 0 Å². The van der Waals surface area contributed by atoms with E-state index in [4.69, 9.17) is 27.9 Å². The second kappa shape index (κ2) is 8.23.